The molecular weight excluding hydrogens is 294 g/mol. The third-order valence-electron chi connectivity index (χ3n) is 4.92. The van der Waals surface area contributed by atoms with Crippen LogP contribution < -0.4 is 5.32 Å². The number of hydrogen-bond donors (Lipinski definition) is 1. The molecule has 0 unspecified atom stereocenters. The Morgan fingerprint density at radius 2 is 1.83 bits per heavy atom. The summed E-state index contributed by atoms with van der Waals surface area (Å²) >= 11 is 0. The molecule has 0 aliphatic heterocycles. The molecule has 2 saturated carbocycles. The molecule has 2 aliphatic rings. The van der Waals surface area contributed by atoms with Gasteiger partial charge in [-0.2, -0.15) is 9.97 Å². The predicted molar refractivity (Wildman–Crippen MR) is 81.5 cm³/mol. The van der Waals surface area contributed by atoms with Crippen LogP contribution in [0.5, 0.6) is 0 Å². The monoisotopic (exact) mass is 317 g/mol. The average molecular weight is 317 g/mol. The van der Waals surface area contributed by atoms with Crippen molar-refractivity contribution in [1.29, 1.82) is 0 Å². The van der Waals surface area contributed by atoms with Gasteiger partial charge in [-0.3, -0.25) is 5.32 Å². The lowest BCUT2D eigenvalue weighted by atomic mass is 9.89. The van der Waals surface area contributed by atoms with Crippen LogP contribution in [-0.4, -0.2) is 20.3 Å². The first kappa shape index (κ1) is 14.8. The minimum absolute atomic E-state index is 0.248. The van der Waals surface area contributed by atoms with Crippen molar-refractivity contribution in [3.05, 3.63) is 23.4 Å². The highest BCUT2D eigenvalue weighted by Gasteiger charge is 2.37. The molecule has 0 aromatic carbocycles. The van der Waals surface area contributed by atoms with Crippen LogP contribution in [0.2, 0.25) is 0 Å². The Morgan fingerprint density at radius 3 is 2.48 bits per heavy atom. The van der Waals surface area contributed by atoms with Crippen LogP contribution in [-0.2, 0) is 12.1 Å². The maximum absolute atomic E-state index is 5.39. The third kappa shape index (κ3) is 3.15. The Bertz CT molecular complexity index is 653. The van der Waals surface area contributed by atoms with Gasteiger partial charge in [-0.25, -0.2) is 0 Å². The molecule has 23 heavy (non-hydrogen) atoms. The number of nitrogens with one attached hydrogen (secondary N) is 1. The summed E-state index contributed by atoms with van der Waals surface area (Å²) in [5.74, 6) is 3.39. The molecule has 2 aromatic heterocycles. The van der Waals surface area contributed by atoms with Crippen LogP contribution in [0, 0.1) is 6.92 Å². The number of hydrogen-bond acceptors (Lipinski definition) is 7. The molecule has 0 bridgehead atoms. The van der Waals surface area contributed by atoms with Gasteiger partial charge in [0.15, 0.2) is 11.6 Å². The van der Waals surface area contributed by atoms with Gasteiger partial charge in [-0.05, 0) is 25.7 Å². The summed E-state index contributed by atoms with van der Waals surface area (Å²) in [6, 6.07) is 0. The van der Waals surface area contributed by atoms with Gasteiger partial charge in [0.25, 0.3) is 0 Å². The first-order valence-corrected chi connectivity index (χ1v) is 8.63. The first-order chi connectivity index (χ1) is 11.3. The maximum atomic E-state index is 5.39. The molecule has 0 saturated heterocycles. The molecule has 0 spiro atoms. The summed E-state index contributed by atoms with van der Waals surface area (Å²) in [5.41, 5.74) is -0.248. The van der Waals surface area contributed by atoms with Gasteiger partial charge < -0.3 is 9.05 Å². The third-order valence-corrected chi connectivity index (χ3v) is 4.92. The van der Waals surface area contributed by atoms with Crippen molar-refractivity contribution < 1.29 is 9.05 Å². The Balaban J connectivity index is 1.52. The quantitative estimate of drug-likeness (QED) is 0.848. The minimum Gasteiger partial charge on any atom is -0.340 e. The van der Waals surface area contributed by atoms with Crippen LogP contribution in [0.15, 0.2) is 9.05 Å². The molecule has 124 valence electrons. The second kappa shape index (κ2) is 6.03. The van der Waals surface area contributed by atoms with E-state index in [2.05, 4.69) is 25.6 Å². The Morgan fingerprint density at radius 1 is 1.04 bits per heavy atom. The summed E-state index contributed by atoms with van der Waals surface area (Å²) in [6.07, 6.45) is 9.22. The second-order valence-corrected chi connectivity index (χ2v) is 6.81. The van der Waals surface area contributed by atoms with Gasteiger partial charge >= 0.3 is 0 Å². The maximum Gasteiger partial charge on any atom is 0.240 e. The largest absolute Gasteiger partial charge is 0.340 e. The van der Waals surface area contributed by atoms with Crippen molar-refractivity contribution in [2.45, 2.75) is 76.3 Å². The van der Waals surface area contributed by atoms with E-state index in [0.29, 0.717) is 24.2 Å². The van der Waals surface area contributed by atoms with E-state index in [1.807, 2.05) is 6.92 Å². The molecule has 0 amide bonds. The lowest BCUT2D eigenvalue weighted by Crippen LogP contribution is -2.42. The Kier molecular flexibility index (Phi) is 3.88. The molecule has 7 nitrogen and oxygen atoms in total. The van der Waals surface area contributed by atoms with Gasteiger partial charge in [-0.15, -0.1) is 0 Å². The van der Waals surface area contributed by atoms with E-state index in [1.165, 1.54) is 25.7 Å². The van der Waals surface area contributed by atoms with E-state index in [4.69, 9.17) is 9.05 Å². The van der Waals surface area contributed by atoms with Gasteiger partial charge in [0, 0.05) is 12.8 Å². The van der Waals surface area contributed by atoms with E-state index in [1.54, 1.807) is 0 Å². The zero-order chi connectivity index (χ0) is 15.7. The van der Waals surface area contributed by atoms with Crippen LogP contribution in [0.1, 0.15) is 80.7 Å². The highest BCUT2D eigenvalue weighted by molar-refractivity contribution is 5.08. The zero-order valence-corrected chi connectivity index (χ0v) is 13.5. The van der Waals surface area contributed by atoms with E-state index in [9.17, 15) is 0 Å². The standard InChI is InChI=1S/C16H23N5O2/c1-11-18-15(21-22-11)16(8-4-2-3-5-9-16)17-10-13-19-14(20-23-13)12-6-7-12/h12,17H,2-10H2,1H3. The number of aryl methyl sites for hydroxylation is 1. The molecule has 0 radical (unpaired) electrons. The molecule has 2 aliphatic carbocycles. The van der Waals surface area contributed by atoms with Gasteiger partial charge in [0.1, 0.15) is 0 Å². The molecule has 0 atom stereocenters. The van der Waals surface area contributed by atoms with Crippen molar-refractivity contribution in [3.8, 4) is 0 Å². The van der Waals surface area contributed by atoms with E-state index in [0.717, 1.165) is 37.3 Å². The molecule has 1 N–H and O–H groups in total. The van der Waals surface area contributed by atoms with Crippen LogP contribution in [0.3, 0.4) is 0 Å². The fraction of sp³-hybridized carbons (Fsp3) is 0.750. The highest BCUT2D eigenvalue weighted by atomic mass is 16.5. The fourth-order valence-corrected chi connectivity index (χ4v) is 3.40. The van der Waals surface area contributed by atoms with Gasteiger partial charge in [-0.1, -0.05) is 36.0 Å². The highest BCUT2D eigenvalue weighted by Crippen LogP contribution is 2.38. The van der Waals surface area contributed by atoms with Crippen molar-refractivity contribution in [3.63, 3.8) is 0 Å². The fourth-order valence-electron chi connectivity index (χ4n) is 3.40. The van der Waals surface area contributed by atoms with E-state index < -0.39 is 0 Å². The van der Waals surface area contributed by atoms with Crippen molar-refractivity contribution in [2.24, 2.45) is 0 Å². The summed E-state index contributed by atoms with van der Waals surface area (Å²) < 4.78 is 10.6. The lowest BCUT2D eigenvalue weighted by molar-refractivity contribution is 0.241. The zero-order valence-electron chi connectivity index (χ0n) is 13.5. The van der Waals surface area contributed by atoms with Crippen LogP contribution in [0.25, 0.3) is 0 Å². The number of rotatable bonds is 5. The van der Waals surface area contributed by atoms with Crippen molar-refractivity contribution in [2.75, 3.05) is 0 Å². The summed E-state index contributed by atoms with van der Waals surface area (Å²) in [7, 11) is 0. The molecular formula is C16H23N5O2. The second-order valence-electron chi connectivity index (χ2n) is 6.81. The molecule has 2 fully saturated rings. The van der Waals surface area contributed by atoms with Gasteiger partial charge in [0.05, 0.1) is 12.1 Å². The first-order valence-electron chi connectivity index (χ1n) is 8.63. The smallest absolute Gasteiger partial charge is 0.240 e. The molecule has 4 rings (SSSR count). The minimum atomic E-state index is -0.248. The Hall–Kier alpha value is -1.76. The van der Waals surface area contributed by atoms with Crippen LogP contribution >= 0.6 is 0 Å². The SMILES string of the molecule is Cc1nc(C2(NCc3nc(C4CC4)no3)CCCCCC2)no1. The van der Waals surface area contributed by atoms with E-state index in [-0.39, 0.29) is 5.54 Å². The van der Waals surface area contributed by atoms with Crippen molar-refractivity contribution >= 4 is 0 Å². The Labute approximate surface area is 135 Å². The summed E-state index contributed by atoms with van der Waals surface area (Å²) in [5, 5.41) is 11.9. The van der Waals surface area contributed by atoms with Gasteiger partial charge in [0.2, 0.25) is 11.8 Å². The lowest BCUT2D eigenvalue weighted by Gasteiger charge is -2.30. The van der Waals surface area contributed by atoms with Crippen LogP contribution in [0.4, 0.5) is 0 Å². The topological polar surface area (TPSA) is 89.9 Å². The summed E-state index contributed by atoms with van der Waals surface area (Å²) in [6.45, 7) is 2.38. The number of aromatic nitrogens is 4. The molecule has 7 heteroatoms. The average Bonchev–Trinajstić information content (AvgIpc) is 3.22. The normalized spacial score (nSPS) is 21.3. The summed E-state index contributed by atoms with van der Waals surface area (Å²) in [4.78, 5) is 9.00. The number of nitrogens with zero attached hydrogens (tertiary/aromatic N) is 4. The van der Waals surface area contributed by atoms with E-state index >= 15 is 0 Å². The predicted octanol–water partition coefficient (Wildman–Crippen LogP) is 2.98. The molecule has 2 heterocycles. The molecule has 2 aromatic rings. The van der Waals surface area contributed by atoms with Crippen molar-refractivity contribution in [1.82, 2.24) is 25.6 Å².